The van der Waals surface area contributed by atoms with Crippen molar-refractivity contribution in [2.24, 2.45) is 5.92 Å². The Hall–Kier alpha value is -2.37. The molecular weight excluding hydrogens is 326 g/mol. The van der Waals surface area contributed by atoms with Gasteiger partial charge in [-0.3, -0.25) is 10.00 Å². The summed E-state index contributed by atoms with van der Waals surface area (Å²) in [6.45, 7) is 4.47. The Morgan fingerprint density at radius 1 is 1.15 bits per heavy atom. The molecule has 1 aromatic heterocycles. The smallest absolute Gasteiger partial charge is 0.119 e. The molecular formula is C21H25N3O2. The van der Waals surface area contributed by atoms with Gasteiger partial charge in [0.05, 0.1) is 18.9 Å². The van der Waals surface area contributed by atoms with Crippen LogP contribution in [-0.4, -0.2) is 46.5 Å². The molecule has 3 aromatic rings. The van der Waals surface area contributed by atoms with Crippen molar-refractivity contribution in [1.82, 2.24) is 15.1 Å². The Morgan fingerprint density at radius 2 is 1.96 bits per heavy atom. The van der Waals surface area contributed by atoms with Crippen molar-refractivity contribution in [3.8, 4) is 5.75 Å². The number of H-pyrrole nitrogens is 1. The Balaban J connectivity index is 1.43. The second-order valence-corrected chi connectivity index (χ2v) is 7.32. The van der Waals surface area contributed by atoms with Crippen LogP contribution >= 0.6 is 0 Å². The van der Waals surface area contributed by atoms with E-state index in [-0.39, 0.29) is 12.0 Å². The minimum Gasteiger partial charge on any atom is -0.497 e. The van der Waals surface area contributed by atoms with Crippen LogP contribution in [0.15, 0.2) is 42.5 Å². The first-order valence-electron chi connectivity index (χ1n) is 9.09. The van der Waals surface area contributed by atoms with Crippen LogP contribution in [0.3, 0.4) is 0 Å². The van der Waals surface area contributed by atoms with Gasteiger partial charge in [-0.05, 0) is 53.9 Å². The molecule has 2 N–H and O–H groups in total. The fraction of sp³-hybridized carbons (Fsp3) is 0.381. The van der Waals surface area contributed by atoms with Gasteiger partial charge in [-0.15, -0.1) is 0 Å². The summed E-state index contributed by atoms with van der Waals surface area (Å²) >= 11 is 0. The number of aromatic nitrogens is 2. The highest BCUT2D eigenvalue weighted by atomic mass is 16.5. The van der Waals surface area contributed by atoms with Gasteiger partial charge in [0.15, 0.2) is 0 Å². The number of nitrogens with zero attached hydrogens (tertiary/aromatic N) is 2. The number of nitrogens with one attached hydrogen (secondary N) is 1. The second-order valence-electron chi connectivity index (χ2n) is 7.32. The van der Waals surface area contributed by atoms with Gasteiger partial charge in [0.25, 0.3) is 0 Å². The molecule has 0 bridgehead atoms. The molecule has 5 nitrogen and oxygen atoms in total. The summed E-state index contributed by atoms with van der Waals surface area (Å²) in [7, 11) is 1.69. The minimum absolute atomic E-state index is 0.238. The van der Waals surface area contributed by atoms with Gasteiger partial charge >= 0.3 is 0 Å². The van der Waals surface area contributed by atoms with Gasteiger partial charge in [0.2, 0.25) is 0 Å². The largest absolute Gasteiger partial charge is 0.497 e. The van der Waals surface area contributed by atoms with Gasteiger partial charge < -0.3 is 9.84 Å². The van der Waals surface area contributed by atoms with Crippen molar-refractivity contribution in [3.05, 3.63) is 59.4 Å². The molecule has 2 heterocycles. The van der Waals surface area contributed by atoms with Crippen LogP contribution in [0.25, 0.3) is 10.8 Å². The molecule has 4 rings (SSSR count). The van der Waals surface area contributed by atoms with Crippen molar-refractivity contribution in [2.45, 2.75) is 26.0 Å². The number of rotatable bonds is 5. The van der Waals surface area contributed by atoms with Crippen molar-refractivity contribution in [2.75, 3.05) is 20.2 Å². The fourth-order valence-corrected chi connectivity index (χ4v) is 3.88. The van der Waals surface area contributed by atoms with Gasteiger partial charge in [-0.1, -0.05) is 18.2 Å². The molecule has 1 saturated heterocycles. The zero-order valence-corrected chi connectivity index (χ0v) is 15.3. The molecule has 136 valence electrons. The summed E-state index contributed by atoms with van der Waals surface area (Å²) in [5, 5.41) is 20.1. The molecule has 0 amide bonds. The molecule has 1 aliphatic heterocycles. The highest BCUT2D eigenvalue weighted by molar-refractivity contribution is 5.84. The van der Waals surface area contributed by atoms with E-state index in [2.05, 4.69) is 51.5 Å². The van der Waals surface area contributed by atoms with E-state index in [0.717, 1.165) is 36.6 Å². The number of likely N-dealkylation sites (tertiary alicyclic amines) is 1. The molecule has 26 heavy (non-hydrogen) atoms. The van der Waals surface area contributed by atoms with Crippen molar-refractivity contribution < 1.29 is 9.84 Å². The van der Waals surface area contributed by atoms with Crippen molar-refractivity contribution in [1.29, 1.82) is 0 Å². The van der Waals surface area contributed by atoms with Crippen LogP contribution in [0.2, 0.25) is 0 Å². The predicted octanol–water partition coefficient (Wildman–Crippen LogP) is 2.92. The lowest BCUT2D eigenvalue weighted by Crippen LogP contribution is -2.21. The van der Waals surface area contributed by atoms with Crippen LogP contribution in [0.5, 0.6) is 5.75 Å². The highest BCUT2D eigenvalue weighted by Gasteiger charge is 2.31. The topological polar surface area (TPSA) is 61.4 Å². The van der Waals surface area contributed by atoms with Gasteiger partial charge in [0, 0.05) is 31.2 Å². The number of aliphatic hydroxyl groups is 1. The van der Waals surface area contributed by atoms with E-state index in [9.17, 15) is 5.11 Å². The lowest BCUT2D eigenvalue weighted by atomic mass is 10.00. The second kappa shape index (κ2) is 7.09. The van der Waals surface area contributed by atoms with E-state index in [4.69, 9.17) is 4.74 Å². The van der Waals surface area contributed by atoms with E-state index >= 15 is 0 Å². The summed E-state index contributed by atoms with van der Waals surface area (Å²) in [6.07, 6.45) is 0.524. The average Bonchev–Trinajstić information content (AvgIpc) is 3.20. The Bertz CT molecular complexity index is 905. The number of hydrogen-bond acceptors (Lipinski definition) is 4. The highest BCUT2D eigenvalue weighted by Crippen LogP contribution is 2.25. The Kier molecular flexibility index (Phi) is 4.66. The predicted molar refractivity (Wildman–Crippen MR) is 102 cm³/mol. The summed E-state index contributed by atoms with van der Waals surface area (Å²) in [6, 6.07) is 14.7. The first-order valence-corrected chi connectivity index (χ1v) is 9.09. The van der Waals surface area contributed by atoms with E-state index < -0.39 is 0 Å². The number of hydrogen-bond donors (Lipinski definition) is 2. The van der Waals surface area contributed by atoms with Gasteiger partial charge in [0.1, 0.15) is 5.75 Å². The molecule has 0 spiro atoms. The monoisotopic (exact) mass is 351 g/mol. The summed E-state index contributed by atoms with van der Waals surface area (Å²) in [4.78, 5) is 2.33. The Morgan fingerprint density at radius 3 is 2.73 bits per heavy atom. The van der Waals surface area contributed by atoms with E-state index in [1.807, 2.05) is 13.0 Å². The maximum Gasteiger partial charge on any atom is 0.119 e. The lowest BCUT2D eigenvalue weighted by molar-refractivity contribution is 0.140. The summed E-state index contributed by atoms with van der Waals surface area (Å²) in [5.41, 5.74) is 3.37. The third-order valence-electron chi connectivity index (χ3n) is 5.23. The molecule has 0 aliphatic carbocycles. The lowest BCUT2D eigenvalue weighted by Gasteiger charge is -2.16. The number of aryl methyl sites for hydroxylation is 1. The van der Waals surface area contributed by atoms with Crippen LogP contribution in [-0.2, 0) is 13.0 Å². The fourth-order valence-electron chi connectivity index (χ4n) is 3.88. The quantitative estimate of drug-likeness (QED) is 0.742. The number of benzene rings is 2. The van der Waals surface area contributed by atoms with Crippen LogP contribution in [0.4, 0.5) is 0 Å². The van der Waals surface area contributed by atoms with E-state index in [0.29, 0.717) is 6.54 Å². The number of aromatic amines is 1. The number of fused-ring (bicyclic) bond motifs is 1. The first-order chi connectivity index (χ1) is 12.6. The first kappa shape index (κ1) is 17.1. The molecule has 1 fully saturated rings. The zero-order valence-electron chi connectivity index (χ0n) is 15.3. The van der Waals surface area contributed by atoms with E-state index in [1.165, 1.54) is 16.3 Å². The molecule has 0 saturated carbocycles. The summed E-state index contributed by atoms with van der Waals surface area (Å²) in [5.74, 6) is 1.12. The number of aliphatic hydroxyl groups excluding tert-OH is 1. The normalized spacial score (nSPS) is 20.7. The van der Waals surface area contributed by atoms with Gasteiger partial charge in [-0.25, -0.2) is 0 Å². The SMILES string of the molecule is COc1ccc2cc(CN3CC(O)C(Cc4cc(C)[nH]n4)C3)ccc2c1. The third kappa shape index (κ3) is 3.59. The van der Waals surface area contributed by atoms with Crippen LogP contribution < -0.4 is 4.74 Å². The summed E-state index contributed by atoms with van der Waals surface area (Å²) < 4.78 is 5.29. The van der Waals surface area contributed by atoms with Crippen LogP contribution in [0, 0.1) is 12.8 Å². The molecule has 5 heteroatoms. The number of methoxy groups -OCH3 is 1. The number of ether oxygens (including phenoxy) is 1. The van der Waals surface area contributed by atoms with E-state index in [1.54, 1.807) is 7.11 Å². The molecule has 2 atom stereocenters. The minimum atomic E-state index is -0.295. The van der Waals surface area contributed by atoms with Crippen molar-refractivity contribution in [3.63, 3.8) is 0 Å². The maximum absolute atomic E-state index is 10.4. The van der Waals surface area contributed by atoms with Crippen molar-refractivity contribution >= 4 is 10.8 Å². The zero-order chi connectivity index (χ0) is 18.1. The standard InChI is InChI=1S/C21H25N3O2/c1-14-7-19(23-22-14)9-18-12-24(13-21(18)25)11-15-3-4-17-10-20(26-2)6-5-16(17)8-15/h3-8,10,18,21,25H,9,11-13H2,1-2H3,(H,22,23). The molecule has 0 radical (unpaired) electrons. The molecule has 2 unspecified atom stereocenters. The van der Waals surface area contributed by atoms with Gasteiger partial charge in [-0.2, -0.15) is 5.10 Å². The maximum atomic E-state index is 10.4. The Labute approximate surface area is 153 Å². The number of β-amino-alcohol motifs (C(OH)–C–C–N with tert-alkyl or cyclic N) is 1. The average molecular weight is 351 g/mol. The molecule has 2 aromatic carbocycles. The van der Waals surface area contributed by atoms with Crippen LogP contribution in [0.1, 0.15) is 17.0 Å². The molecule has 1 aliphatic rings. The third-order valence-corrected chi connectivity index (χ3v) is 5.23.